The first-order chi connectivity index (χ1) is 2.89. The van der Waals surface area contributed by atoms with Gasteiger partial charge in [-0.05, 0) is 0 Å². The van der Waals surface area contributed by atoms with E-state index >= 15 is 0 Å². The van der Waals surface area contributed by atoms with Gasteiger partial charge in [-0.15, -0.1) is 0 Å². The summed E-state index contributed by atoms with van der Waals surface area (Å²) in [7, 11) is 0. The molecule has 0 bridgehead atoms. The van der Waals surface area contributed by atoms with E-state index in [0.29, 0.717) is 6.67 Å². The van der Waals surface area contributed by atoms with Crippen molar-refractivity contribution in [3.63, 3.8) is 0 Å². The van der Waals surface area contributed by atoms with Crippen LogP contribution in [0.3, 0.4) is 0 Å². The minimum atomic E-state index is 0.625. The van der Waals surface area contributed by atoms with Crippen LogP contribution in [0.25, 0.3) is 0 Å². The second kappa shape index (κ2) is 1.50. The SMILES string of the molecule is NN1CNNN1. The highest BCUT2D eigenvalue weighted by atomic mass is 15.9. The van der Waals surface area contributed by atoms with E-state index in [9.17, 15) is 0 Å². The predicted molar refractivity (Wildman–Crippen MR) is 20.3 cm³/mol. The number of nitrogens with two attached hydrogens (primary N) is 1. The van der Waals surface area contributed by atoms with Crippen molar-refractivity contribution in [2.45, 2.75) is 0 Å². The summed E-state index contributed by atoms with van der Waals surface area (Å²) in [5.41, 5.74) is 7.85. The maximum atomic E-state index is 5.13. The molecule has 1 fully saturated rings. The zero-order chi connectivity index (χ0) is 4.41. The molecular weight excluding hydrogens is 82.0 g/mol. The molecule has 0 aromatic carbocycles. The molecule has 5 nitrogen and oxygen atoms in total. The molecule has 0 aliphatic carbocycles. The van der Waals surface area contributed by atoms with Gasteiger partial charge in [-0.1, -0.05) is 0 Å². The summed E-state index contributed by atoms with van der Waals surface area (Å²) < 4.78 is 0. The largest absolute Gasteiger partial charge is 0.253 e. The molecule has 6 heavy (non-hydrogen) atoms. The Hall–Kier alpha value is -0.200. The third-order valence-electron chi connectivity index (χ3n) is 0.537. The second-order valence-corrected chi connectivity index (χ2v) is 1.04. The highest BCUT2D eigenvalue weighted by Gasteiger charge is 1.99. The lowest BCUT2D eigenvalue weighted by atomic mass is 11.2. The van der Waals surface area contributed by atoms with Crippen LogP contribution in [-0.4, -0.2) is 11.8 Å². The van der Waals surface area contributed by atoms with Gasteiger partial charge in [0, 0.05) is 0 Å². The molecule has 0 atom stereocenters. The van der Waals surface area contributed by atoms with Crippen molar-refractivity contribution in [2.24, 2.45) is 5.84 Å². The summed E-state index contributed by atoms with van der Waals surface area (Å²) >= 11 is 0. The predicted octanol–water partition coefficient (Wildman–Crippen LogP) is -2.35. The van der Waals surface area contributed by atoms with E-state index in [-0.39, 0.29) is 0 Å². The standard InChI is InChI=1S/CH7N5/c2-6-1-3-4-5-6/h3-5H,1-2H2. The molecule has 36 valence electrons. The number of hydrogen-bond donors (Lipinski definition) is 4. The molecule has 1 saturated heterocycles. The zero-order valence-corrected chi connectivity index (χ0v) is 3.23. The Morgan fingerprint density at radius 1 is 1.67 bits per heavy atom. The van der Waals surface area contributed by atoms with E-state index in [4.69, 9.17) is 5.84 Å². The fourth-order valence-corrected chi connectivity index (χ4v) is 0.276. The average molecular weight is 89.1 g/mol. The maximum absolute atomic E-state index is 5.13. The van der Waals surface area contributed by atoms with Crippen molar-refractivity contribution in [1.82, 2.24) is 21.6 Å². The molecule has 0 aromatic heterocycles. The van der Waals surface area contributed by atoms with Gasteiger partial charge in [-0.3, -0.25) is 5.84 Å². The molecule has 0 aromatic rings. The van der Waals surface area contributed by atoms with Crippen LogP contribution in [0.2, 0.25) is 0 Å². The van der Waals surface area contributed by atoms with Gasteiger partial charge in [0.15, 0.2) is 0 Å². The Morgan fingerprint density at radius 2 is 2.50 bits per heavy atom. The van der Waals surface area contributed by atoms with Gasteiger partial charge < -0.3 is 0 Å². The van der Waals surface area contributed by atoms with E-state index in [0.717, 1.165) is 0 Å². The molecular formula is CH7N5. The van der Waals surface area contributed by atoms with Crippen LogP contribution in [-0.2, 0) is 0 Å². The number of hydrogen-bond acceptors (Lipinski definition) is 5. The third kappa shape index (κ3) is 0.644. The molecule has 5 N–H and O–H groups in total. The molecule has 0 spiro atoms. The average Bonchev–Trinajstić information content (AvgIpc) is 1.86. The van der Waals surface area contributed by atoms with Crippen molar-refractivity contribution in [3.05, 3.63) is 0 Å². The van der Waals surface area contributed by atoms with Gasteiger partial charge in [-0.2, -0.15) is 16.2 Å². The van der Waals surface area contributed by atoms with Crippen LogP contribution in [0.1, 0.15) is 0 Å². The van der Waals surface area contributed by atoms with Gasteiger partial charge in [0.1, 0.15) is 0 Å². The van der Waals surface area contributed by atoms with Gasteiger partial charge in [0.25, 0.3) is 0 Å². The number of rotatable bonds is 0. The van der Waals surface area contributed by atoms with Gasteiger partial charge >= 0.3 is 0 Å². The smallest absolute Gasteiger partial charge is 0.0932 e. The molecule has 1 heterocycles. The summed E-state index contributed by atoms with van der Waals surface area (Å²) in [6, 6.07) is 0. The first-order valence-corrected chi connectivity index (χ1v) is 1.65. The first-order valence-electron chi connectivity index (χ1n) is 1.65. The highest BCUT2D eigenvalue weighted by molar-refractivity contribution is 4.35. The van der Waals surface area contributed by atoms with Crippen LogP contribution in [0.15, 0.2) is 0 Å². The van der Waals surface area contributed by atoms with E-state index in [1.54, 1.807) is 0 Å². The summed E-state index contributed by atoms with van der Waals surface area (Å²) in [6.07, 6.45) is 0. The van der Waals surface area contributed by atoms with Crippen LogP contribution in [0.5, 0.6) is 0 Å². The fraction of sp³-hybridized carbons (Fsp3) is 1.00. The van der Waals surface area contributed by atoms with E-state index in [1.807, 2.05) is 0 Å². The Balaban J connectivity index is 2.18. The molecule has 5 heteroatoms. The van der Waals surface area contributed by atoms with Crippen molar-refractivity contribution >= 4 is 0 Å². The fourth-order valence-electron chi connectivity index (χ4n) is 0.276. The minimum Gasteiger partial charge on any atom is -0.253 e. The lowest BCUT2D eigenvalue weighted by Gasteiger charge is -1.99. The number of nitrogens with one attached hydrogen (secondary N) is 3. The van der Waals surface area contributed by atoms with Crippen LogP contribution in [0, 0.1) is 0 Å². The normalized spacial score (nSPS) is 25.5. The van der Waals surface area contributed by atoms with Crippen LogP contribution >= 0.6 is 0 Å². The van der Waals surface area contributed by atoms with Gasteiger partial charge in [0.2, 0.25) is 0 Å². The number of hydrazine groups is 4. The van der Waals surface area contributed by atoms with Crippen LogP contribution in [0.4, 0.5) is 0 Å². The third-order valence-corrected chi connectivity index (χ3v) is 0.537. The van der Waals surface area contributed by atoms with Gasteiger partial charge in [-0.25, -0.2) is 5.43 Å². The highest BCUT2D eigenvalue weighted by Crippen LogP contribution is 1.62. The lowest BCUT2D eigenvalue weighted by molar-refractivity contribution is 0.240. The molecule has 1 rings (SSSR count). The van der Waals surface area contributed by atoms with Crippen LogP contribution < -0.4 is 22.3 Å². The first kappa shape index (κ1) is 3.97. The molecule has 0 radical (unpaired) electrons. The van der Waals surface area contributed by atoms with Crippen molar-refractivity contribution in [2.75, 3.05) is 6.67 Å². The summed E-state index contributed by atoms with van der Waals surface area (Å²) in [5.74, 6) is 5.13. The monoisotopic (exact) mass is 89.1 g/mol. The van der Waals surface area contributed by atoms with E-state index in [1.165, 1.54) is 5.12 Å². The Kier molecular flexibility index (Phi) is 0.992. The summed E-state index contributed by atoms with van der Waals surface area (Å²) in [4.78, 5) is 0. The Labute approximate surface area is 35.4 Å². The molecule has 0 saturated carbocycles. The minimum absolute atomic E-state index is 0.625. The Morgan fingerprint density at radius 3 is 2.67 bits per heavy atom. The molecule has 0 unspecified atom stereocenters. The molecule has 0 amide bonds. The summed E-state index contributed by atoms with van der Waals surface area (Å²) in [6.45, 7) is 0.625. The molecule has 1 aliphatic rings. The van der Waals surface area contributed by atoms with Crippen molar-refractivity contribution in [1.29, 1.82) is 0 Å². The Bertz CT molecular complexity index is 37.2. The molecule has 1 aliphatic heterocycles. The summed E-state index contributed by atoms with van der Waals surface area (Å²) in [5, 5.41) is 1.39. The zero-order valence-electron chi connectivity index (χ0n) is 3.23. The maximum Gasteiger partial charge on any atom is 0.0932 e. The van der Waals surface area contributed by atoms with Gasteiger partial charge in [0.05, 0.1) is 6.67 Å². The quantitative estimate of drug-likeness (QED) is 0.250. The van der Waals surface area contributed by atoms with E-state index < -0.39 is 0 Å². The number of nitrogens with zero attached hydrogens (tertiary/aromatic N) is 1. The second-order valence-electron chi connectivity index (χ2n) is 1.04. The lowest BCUT2D eigenvalue weighted by Crippen LogP contribution is -2.41. The van der Waals surface area contributed by atoms with Crippen molar-refractivity contribution in [3.8, 4) is 0 Å². The topological polar surface area (TPSA) is 65.3 Å². The van der Waals surface area contributed by atoms with E-state index in [2.05, 4.69) is 16.5 Å². The van der Waals surface area contributed by atoms with Crippen molar-refractivity contribution < 1.29 is 0 Å².